The predicted molar refractivity (Wildman–Crippen MR) is 62.2 cm³/mol. The summed E-state index contributed by atoms with van der Waals surface area (Å²) in [5, 5.41) is 15.3. The average Bonchev–Trinajstić information content (AvgIpc) is 2.94. The van der Waals surface area contributed by atoms with E-state index in [1.54, 1.807) is 0 Å². The molecule has 2 aliphatic rings. The maximum absolute atomic E-state index is 12.2. The molecule has 18 heavy (non-hydrogen) atoms. The molecule has 3 nitrogen and oxygen atoms in total. The minimum atomic E-state index is -4.52. The topological polar surface area (TPSA) is 44.3 Å². The van der Waals surface area contributed by atoms with Crippen LogP contribution in [-0.2, 0) is 0 Å². The lowest BCUT2D eigenvalue weighted by Crippen LogP contribution is -2.47. The minimum absolute atomic E-state index is 0.109. The Bertz CT molecular complexity index is 267. The minimum Gasteiger partial charge on any atom is -0.382 e. The van der Waals surface area contributed by atoms with Crippen molar-refractivity contribution in [2.24, 2.45) is 5.92 Å². The van der Waals surface area contributed by atoms with Crippen molar-refractivity contribution in [3.05, 3.63) is 0 Å². The smallest absolute Gasteiger partial charge is 0.382 e. The molecule has 1 heterocycles. The Morgan fingerprint density at radius 2 is 2.00 bits per heavy atom. The van der Waals surface area contributed by atoms with E-state index in [0.29, 0.717) is 12.0 Å². The molecule has 106 valence electrons. The van der Waals surface area contributed by atoms with Crippen LogP contribution >= 0.6 is 0 Å². The van der Waals surface area contributed by atoms with Gasteiger partial charge in [0, 0.05) is 18.6 Å². The van der Waals surface area contributed by atoms with E-state index in [0.717, 1.165) is 38.6 Å². The number of rotatable bonds is 4. The fraction of sp³-hybridized carbons (Fsp3) is 1.00. The van der Waals surface area contributed by atoms with E-state index in [2.05, 4.69) is 10.6 Å². The highest BCUT2D eigenvalue weighted by Gasteiger charge is 2.40. The van der Waals surface area contributed by atoms with E-state index in [4.69, 9.17) is 5.11 Å². The van der Waals surface area contributed by atoms with Crippen molar-refractivity contribution in [2.75, 3.05) is 13.1 Å². The maximum atomic E-state index is 12.2. The van der Waals surface area contributed by atoms with Gasteiger partial charge in [-0.1, -0.05) is 6.42 Å². The van der Waals surface area contributed by atoms with E-state index < -0.39 is 18.8 Å². The molecular formula is C12H21F3N2O. The third kappa shape index (κ3) is 3.36. The van der Waals surface area contributed by atoms with Gasteiger partial charge in [0.15, 0.2) is 6.10 Å². The lowest BCUT2D eigenvalue weighted by Gasteiger charge is -2.27. The van der Waals surface area contributed by atoms with E-state index in [-0.39, 0.29) is 6.04 Å². The van der Waals surface area contributed by atoms with Gasteiger partial charge in [-0.15, -0.1) is 0 Å². The zero-order valence-corrected chi connectivity index (χ0v) is 10.3. The lowest BCUT2D eigenvalue weighted by atomic mass is 9.93. The largest absolute Gasteiger partial charge is 0.415 e. The zero-order valence-electron chi connectivity index (χ0n) is 10.3. The number of aliphatic hydroxyl groups is 1. The molecule has 0 aromatic carbocycles. The SMILES string of the molecule is OC(CNC1CCCC1C1CCCN1)C(F)(F)F. The summed E-state index contributed by atoms with van der Waals surface area (Å²) >= 11 is 0. The van der Waals surface area contributed by atoms with Gasteiger partial charge < -0.3 is 15.7 Å². The molecule has 4 atom stereocenters. The van der Waals surface area contributed by atoms with Gasteiger partial charge >= 0.3 is 6.18 Å². The molecule has 0 aromatic rings. The summed E-state index contributed by atoms with van der Waals surface area (Å²) in [5.74, 6) is 0.410. The monoisotopic (exact) mass is 266 g/mol. The number of hydrogen-bond acceptors (Lipinski definition) is 3. The molecule has 1 aliphatic heterocycles. The molecule has 1 saturated carbocycles. The van der Waals surface area contributed by atoms with Crippen molar-refractivity contribution in [1.82, 2.24) is 10.6 Å². The Morgan fingerprint density at radius 1 is 1.22 bits per heavy atom. The number of aliphatic hydroxyl groups excluding tert-OH is 1. The van der Waals surface area contributed by atoms with Gasteiger partial charge in [0.25, 0.3) is 0 Å². The molecule has 0 bridgehead atoms. The first-order valence-electron chi connectivity index (χ1n) is 6.70. The molecular weight excluding hydrogens is 245 g/mol. The van der Waals surface area contributed by atoms with Gasteiger partial charge in [-0.25, -0.2) is 0 Å². The van der Waals surface area contributed by atoms with E-state index in [1.165, 1.54) is 0 Å². The van der Waals surface area contributed by atoms with Gasteiger partial charge in [0.2, 0.25) is 0 Å². The Balaban J connectivity index is 1.81. The Labute approximate surface area is 105 Å². The number of hydrogen-bond donors (Lipinski definition) is 3. The Kier molecular flexibility index (Phi) is 4.50. The molecule has 1 aliphatic carbocycles. The number of halogens is 3. The second kappa shape index (κ2) is 5.75. The predicted octanol–water partition coefficient (Wildman–Crippen LogP) is 1.42. The molecule has 0 aromatic heterocycles. The summed E-state index contributed by atoms with van der Waals surface area (Å²) in [6, 6.07) is 0.547. The van der Waals surface area contributed by atoms with Crippen molar-refractivity contribution in [3.8, 4) is 0 Å². The first-order chi connectivity index (χ1) is 8.48. The fourth-order valence-corrected chi connectivity index (χ4v) is 3.18. The van der Waals surface area contributed by atoms with Gasteiger partial charge in [0.05, 0.1) is 0 Å². The second-order valence-corrected chi connectivity index (χ2v) is 5.37. The molecule has 0 radical (unpaired) electrons. The third-order valence-electron chi connectivity index (χ3n) is 4.14. The highest BCUT2D eigenvalue weighted by Crippen LogP contribution is 2.32. The van der Waals surface area contributed by atoms with Crippen LogP contribution < -0.4 is 10.6 Å². The molecule has 0 spiro atoms. The standard InChI is InChI=1S/C12H21F3N2O/c13-12(14,15)11(18)7-17-10-4-1-3-8(10)9-5-2-6-16-9/h8-11,16-18H,1-7H2. The molecule has 4 unspecified atom stereocenters. The molecule has 0 amide bonds. The summed E-state index contributed by atoms with van der Waals surface area (Å²) < 4.78 is 36.7. The first-order valence-corrected chi connectivity index (χ1v) is 6.70. The van der Waals surface area contributed by atoms with Crippen LogP contribution in [0.4, 0.5) is 13.2 Å². The van der Waals surface area contributed by atoms with Crippen molar-refractivity contribution in [2.45, 2.75) is 56.5 Å². The summed E-state index contributed by atoms with van der Waals surface area (Å²) in [7, 11) is 0. The number of alkyl halides is 3. The fourth-order valence-electron chi connectivity index (χ4n) is 3.18. The van der Waals surface area contributed by atoms with Crippen LogP contribution in [0.3, 0.4) is 0 Å². The van der Waals surface area contributed by atoms with Gasteiger partial charge in [0.1, 0.15) is 0 Å². The van der Waals surface area contributed by atoms with Gasteiger partial charge in [-0.3, -0.25) is 0 Å². The molecule has 2 fully saturated rings. The molecule has 1 saturated heterocycles. The summed E-state index contributed by atoms with van der Waals surface area (Å²) in [5.41, 5.74) is 0. The van der Waals surface area contributed by atoms with Crippen LogP contribution in [0.1, 0.15) is 32.1 Å². The Morgan fingerprint density at radius 3 is 2.61 bits per heavy atom. The average molecular weight is 266 g/mol. The van der Waals surface area contributed by atoms with Crippen LogP contribution in [0.5, 0.6) is 0 Å². The van der Waals surface area contributed by atoms with Crippen molar-refractivity contribution in [3.63, 3.8) is 0 Å². The quantitative estimate of drug-likeness (QED) is 0.721. The summed E-state index contributed by atoms with van der Waals surface area (Å²) in [6.45, 7) is 0.621. The van der Waals surface area contributed by atoms with E-state index in [9.17, 15) is 13.2 Å². The van der Waals surface area contributed by atoms with Crippen LogP contribution in [0.25, 0.3) is 0 Å². The number of nitrogens with one attached hydrogen (secondary N) is 2. The Hall–Kier alpha value is -0.330. The van der Waals surface area contributed by atoms with Crippen LogP contribution in [-0.4, -0.2) is 42.6 Å². The van der Waals surface area contributed by atoms with Crippen molar-refractivity contribution >= 4 is 0 Å². The van der Waals surface area contributed by atoms with Gasteiger partial charge in [-0.05, 0) is 38.1 Å². The van der Waals surface area contributed by atoms with Crippen LogP contribution in [0.15, 0.2) is 0 Å². The maximum Gasteiger partial charge on any atom is 0.415 e. The molecule has 6 heteroatoms. The van der Waals surface area contributed by atoms with Crippen LogP contribution in [0.2, 0.25) is 0 Å². The van der Waals surface area contributed by atoms with Crippen molar-refractivity contribution in [1.29, 1.82) is 0 Å². The van der Waals surface area contributed by atoms with E-state index in [1.807, 2.05) is 0 Å². The highest BCUT2D eigenvalue weighted by atomic mass is 19.4. The lowest BCUT2D eigenvalue weighted by molar-refractivity contribution is -0.202. The normalized spacial score (nSPS) is 35.0. The van der Waals surface area contributed by atoms with E-state index >= 15 is 0 Å². The highest BCUT2D eigenvalue weighted by molar-refractivity contribution is 4.93. The zero-order chi connectivity index (χ0) is 13.2. The van der Waals surface area contributed by atoms with Crippen LogP contribution in [0, 0.1) is 5.92 Å². The third-order valence-corrected chi connectivity index (χ3v) is 4.14. The molecule has 2 rings (SSSR count). The first kappa shape index (κ1) is 14.1. The second-order valence-electron chi connectivity index (χ2n) is 5.37. The molecule has 3 N–H and O–H groups in total. The summed E-state index contributed by atoms with van der Waals surface area (Å²) in [6.07, 6.45) is -1.47. The van der Waals surface area contributed by atoms with Crippen molar-refractivity contribution < 1.29 is 18.3 Å². The summed E-state index contributed by atoms with van der Waals surface area (Å²) in [4.78, 5) is 0. The van der Waals surface area contributed by atoms with Gasteiger partial charge in [-0.2, -0.15) is 13.2 Å².